The molecule has 0 atom stereocenters. The van der Waals surface area contributed by atoms with Crippen molar-refractivity contribution in [3.8, 4) is 11.5 Å². The van der Waals surface area contributed by atoms with E-state index < -0.39 is 0 Å². The third kappa shape index (κ3) is 4.09. The molecule has 0 saturated heterocycles. The van der Waals surface area contributed by atoms with E-state index in [4.69, 9.17) is 9.52 Å². The van der Waals surface area contributed by atoms with Gasteiger partial charge in [0.1, 0.15) is 11.3 Å². The topological polar surface area (TPSA) is 62.9 Å². The van der Waals surface area contributed by atoms with Crippen LogP contribution < -0.4 is 0 Å². The summed E-state index contributed by atoms with van der Waals surface area (Å²) < 4.78 is 8.18. The summed E-state index contributed by atoms with van der Waals surface area (Å²) in [6.45, 7) is 6.41. The number of benzene rings is 2. The summed E-state index contributed by atoms with van der Waals surface area (Å²) in [4.78, 5) is 2.29. The van der Waals surface area contributed by atoms with Gasteiger partial charge in [-0.2, -0.15) is 10.2 Å². The highest BCUT2D eigenvalue weighted by molar-refractivity contribution is 5.82. The molecule has 0 fully saturated rings. The van der Waals surface area contributed by atoms with Gasteiger partial charge in [-0.25, -0.2) is 0 Å². The third-order valence-corrected chi connectivity index (χ3v) is 5.83. The number of rotatable bonds is 7. The largest absolute Gasteiger partial charge is 0.454 e. The van der Waals surface area contributed by atoms with E-state index in [2.05, 4.69) is 71.7 Å². The van der Waals surface area contributed by atoms with Crippen LogP contribution in [-0.2, 0) is 19.6 Å². The molecule has 0 aliphatic rings. The van der Waals surface area contributed by atoms with Gasteiger partial charge in [-0.1, -0.05) is 48.5 Å². The number of fused-ring (bicyclic) bond motifs is 1. The number of para-hydroxylation sites is 1. The molecule has 6 heteroatoms. The van der Waals surface area contributed by atoms with Crippen LogP contribution in [0.25, 0.3) is 22.4 Å². The smallest absolute Gasteiger partial charge is 0.156 e. The predicted molar refractivity (Wildman–Crippen MR) is 126 cm³/mol. The summed E-state index contributed by atoms with van der Waals surface area (Å²) in [6, 6.07) is 20.6. The van der Waals surface area contributed by atoms with Crippen LogP contribution in [0.1, 0.15) is 28.1 Å². The number of aromatic nitrogens is 4. The summed E-state index contributed by atoms with van der Waals surface area (Å²) in [5.41, 5.74) is 7.54. The van der Waals surface area contributed by atoms with E-state index in [1.807, 2.05) is 35.9 Å². The quantitative estimate of drug-likeness (QED) is 0.383. The minimum absolute atomic E-state index is 0.720. The molecule has 0 amide bonds. The third-order valence-electron chi connectivity index (χ3n) is 5.83. The van der Waals surface area contributed by atoms with Crippen LogP contribution in [0.5, 0.6) is 0 Å². The zero-order valence-corrected chi connectivity index (χ0v) is 18.7. The Hall–Kier alpha value is -3.64. The molecule has 162 valence electrons. The summed E-state index contributed by atoms with van der Waals surface area (Å²) >= 11 is 0. The average Bonchev–Trinajstić information content (AvgIpc) is 3.47. The number of H-pyrrole nitrogens is 1. The Kier molecular flexibility index (Phi) is 5.37. The maximum absolute atomic E-state index is 6.17. The van der Waals surface area contributed by atoms with Gasteiger partial charge in [-0.15, -0.1) is 0 Å². The van der Waals surface area contributed by atoms with Crippen LogP contribution in [0.4, 0.5) is 0 Å². The molecular formula is C26H27N5O. The standard InChI is InChI=1S/C26H27N5O/c1-18-23(19(2)28-27-18)17-30(3)15-22-16-31(14-20-9-5-4-6-10-20)29-26(22)25-13-21-11-7-8-12-24(21)32-25/h4-13,16H,14-15,17H2,1-3H3,(H,27,28). The van der Waals surface area contributed by atoms with Crippen LogP contribution >= 0.6 is 0 Å². The van der Waals surface area contributed by atoms with Gasteiger partial charge in [-0.05, 0) is 38.6 Å². The van der Waals surface area contributed by atoms with Gasteiger partial charge in [0.05, 0.1) is 12.2 Å². The summed E-state index contributed by atoms with van der Waals surface area (Å²) in [5, 5.41) is 13.4. The molecule has 3 heterocycles. The van der Waals surface area contributed by atoms with Crippen molar-refractivity contribution in [1.82, 2.24) is 24.9 Å². The van der Waals surface area contributed by atoms with Crippen LogP contribution in [0.3, 0.4) is 0 Å². The Bertz CT molecular complexity index is 1290. The molecule has 0 aliphatic carbocycles. The second-order valence-electron chi connectivity index (χ2n) is 8.42. The zero-order chi connectivity index (χ0) is 22.1. The number of aromatic amines is 1. The molecule has 0 radical (unpaired) electrons. The lowest BCUT2D eigenvalue weighted by Crippen LogP contribution is -2.18. The molecular weight excluding hydrogens is 398 g/mol. The van der Waals surface area contributed by atoms with E-state index in [0.29, 0.717) is 0 Å². The van der Waals surface area contributed by atoms with E-state index in [1.165, 1.54) is 11.1 Å². The molecule has 5 aromatic rings. The molecule has 32 heavy (non-hydrogen) atoms. The maximum Gasteiger partial charge on any atom is 0.156 e. The minimum atomic E-state index is 0.720. The first-order chi connectivity index (χ1) is 15.6. The van der Waals surface area contributed by atoms with Gasteiger partial charge < -0.3 is 4.42 Å². The Morgan fingerprint density at radius 3 is 2.53 bits per heavy atom. The van der Waals surface area contributed by atoms with Crippen LogP contribution in [0.2, 0.25) is 0 Å². The first-order valence-electron chi connectivity index (χ1n) is 10.8. The fourth-order valence-electron chi connectivity index (χ4n) is 4.16. The monoisotopic (exact) mass is 425 g/mol. The molecule has 2 aromatic carbocycles. The van der Waals surface area contributed by atoms with Crippen LogP contribution in [0, 0.1) is 13.8 Å². The molecule has 1 N–H and O–H groups in total. The molecule has 0 unspecified atom stereocenters. The Balaban J connectivity index is 1.47. The maximum atomic E-state index is 6.17. The summed E-state index contributed by atoms with van der Waals surface area (Å²) in [7, 11) is 2.13. The highest BCUT2D eigenvalue weighted by Crippen LogP contribution is 2.30. The van der Waals surface area contributed by atoms with Crippen molar-refractivity contribution >= 4 is 11.0 Å². The summed E-state index contributed by atoms with van der Waals surface area (Å²) in [5.74, 6) is 0.803. The van der Waals surface area contributed by atoms with E-state index >= 15 is 0 Å². The minimum Gasteiger partial charge on any atom is -0.454 e. The lowest BCUT2D eigenvalue weighted by Gasteiger charge is -2.16. The first-order valence-corrected chi connectivity index (χ1v) is 10.8. The number of aryl methyl sites for hydroxylation is 2. The molecule has 5 rings (SSSR count). The Morgan fingerprint density at radius 1 is 1.00 bits per heavy atom. The fourth-order valence-corrected chi connectivity index (χ4v) is 4.16. The van der Waals surface area contributed by atoms with Crippen molar-refractivity contribution in [1.29, 1.82) is 0 Å². The number of hydrogen-bond donors (Lipinski definition) is 1. The van der Waals surface area contributed by atoms with Crippen molar-refractivity contribution < 1.29 is 4.42 Å². The molecule has 6 nitrogen and oxygen atoms in total. The fraction of sp³-hybridized carbons (Fsp3) is 0.231. The molecule has 0 bridgehead atoms. The van der Waals surface area contributed by atoms with Crippen LogP contribution in [0.15, 0.2) is 71.3 Å². The number of nitrogens with zero attached hydrogens (tertiary/aromatic N) is 4. The molecule has 0 aliphatic heterocycles. The van der Waals surface area contributed by atoms with Crippen molar-refractivity contribution in [2.24, 2.45) is 0 Å². The Labute approximate surface area is 187 Å². The molecule has 3 aromatic heterocycles. The first kappa shape index (κ1) is 20.3. The van der Waals surface area contributed by atoms with E-state index in [0.717, 1.165) is 59.0 Å². The predicted octanol–water partition coefficient (Wildman–Crippen LogP) is 5.32. The van der Waals surface area contributed by atoms with Crippen LogP contribution in [-0.4, -0.2) is 31.9 Å². The van der Waals surface area contributed by atoms with Crippen molar-refractivity contribution in [2.75, 3.05) is 7.05 Å². The van der Waals surface area contributed by atoms with Gasteiger partial charge in [0.25, 0.3) is 0 Å². The van der Waals surface area contributed by atoms with Crippen molar-refractivity contribution in [3.63, 3.8) is 0 Å². The average molecular weight is 426 g/mol. The molecule has 0 saturated carbocycles. The van der Waals surface area contributed by atoms with Gasteiger partial charge in [0, 0.05) is 41.5 Å². The Morgan fingerprint density at radius 2 is 1.78 bits per heavy atom. The SMILES string of the molecule is Cc1n[nH]c(C)c1CN(C)Cc1cn(Cc2ccccc2)nc1-c1cc2ccccc2o1. The second kappa shape index (κ2) is 8.48. The van der Waals surface area contributed by atoms with E-state index in [-0.39, 0.29) is 0 Å². The lowest BCUT2D eigenvalue weighted by molar-refractivity contribution is 0.318. The zero-order valence-electron chi connectivity index (χ0n) is 18.7. The number of hydrogen-bond acceptors (Lipinski definition) is 4. The van der Waals surface area contributed by atoms with Gasteiger partial charge in [-0.3, -0.25) is 14.7 Å². The highest BCUT2D eigenvalue weighted by atomic mass is 16.3. The van der Waals surface area contributed by atoms with Gasteiger partial charge >= 0.3 is 0 Å². The highest BCUT2D eigenvalue weighted by Gasteiger charge is 2.18. The van der Waals surface area contributed by atoms with Gasteiger partial charge in [0.15, 0.2) is 5.76 Å². The lowest BCUT2D eigenvalue weighted by atomic mass is 10.1. The normalized spacial score (nSPS) is 11.6. The van der Waals surface area contributed by atoms with E-state index in [9.17, 15) is 0 Å². The van der Waals surface area contributed by atoms with Crippen molar-refractivity contribution in [2.45, 2.75) is 33.5 Å². The summed E-state index contributed by atoms with van der Waals surface area (Å²) in [6.07, 6.45) is 2.14. The number of nitrogens with one attached hydrogen (secondary N) is 1. The van der Waals surface area contributed by atoms with Crippen molar-refractivity contribution in [3.05, 3.63) is 94.9 Å². The number of furan rings is 1. The molecule has 0 spiro atoms. The van der Waals surface area contributed by atoms with Gasteiger partial charge in [0.2, 0.25) is 0 Å². The second-order valence-corrected chi connectivity index (χ2v) is 8.42. The van der Waals surface area contributed by atoms with E-state index in [1.54, 1.807) is 0 Å².